The summed E-state index contributed by atoms with van der Waals surface area (Å²) in [5.74, 6) is -1.96. The number of hydrogen-bond donors (Lipinski definition) is 6. The van der Waals surface area contributed by atoms with Crippen molar-refractivity contribution >= 4 is 11.9 Å². The molecule has 0 aliphatic heterocycles. The predicted molar refractivity (Wildman–Crippen MR) is 92.2 cm³/mol. The van der Waals surface area contributed by atoms with E-state index in [0.29, 0.717) is 11.4 Å². The van der Waals surface area contributed by atoms with Gasteiger partial charge >= 0.3 is 33.0 Å². The first kappa shape index (κ1) is 30.9. The van der Waals surface area contributed by atoms with Crippen LogP contribution in [0.1, 0.15) is 11.4 Å². The van der Waals surface area contributed by atoms with Gasteiger partial charge in [-0.3, -0.25) is 14.6 Å². The van der Waals surface area contributed by atoms with E-state index in [2.05, 4.69) is 4.98 Å². The summed E-state index contributed by atoms with van der Waals surface area (Å²) >= 11 is 1.06. The topological polar surface area (TPSA) is 233 Å². The molecule has 1 rings (SSSR count). The molecular weight excluding hydrogens is 417 g/mol. The number of nitrogens with one attached hydrogen (secondary N) is 2. The molecule has 0 saturated carbocycles. The molecule has 0 aliphatic rings. The number of hydrogen-bond acceptors (Lipinski definition) is 8. The van der Waals surface area contributed by atoms with Crippen LogP contribution in [-0.2, 0) is 43.5 Å². The minimum absolute atomic E-state index is 0.115. The molecule has 2 atom stereocenters. The van der Waals surface area contributed by atoms with Gasteiger partial charge in [0.15, 0.2) is 0 Å². The summed E-state index contributed by atoms with van der Waals surface area (Å²) in [4.78, 5) is 24.6. The number of aliphatic carboxylic acids is 2. The van der Waals surface area contributed by atoms with Gasteiger partial charge in [0.2, 0.25) is 0 Å². The molecule has 1 heterocycles. The zero-order chi connectivity index (χ0) is 22.5. The van der Waals surface area contributed by atoms with Gasteiger partial charge in [-0.25, -0.2) is 0 Å². The summed E-state index contributed by atoms with van der Waals surface area (Å²) in [5.41, 5.74) is 13.5. The van der Waals surface area contributed by atoms with Gasteiger partial charge < -0.3 is 42.1 Å². The van der Waals surface area contributed by atoms with Crippen LogP contribution in [0.4, 0.5) is 0 Å². The Kier molecular flexibility index (Phi) is 23.8. The molecule has 0 amide bonds. The summed E-state index contributed by atoms with van der Waals surface area (Å²) < 4.78 is 8.19. The van der Waals surface area contributed by atoms with Crippen molar-refractivity contribution in [1.29, 1.82) is 0 Å². The Hall–Kier alpha value is -1.77. The fraction of sp³-hybridized carbons (Fsp3) is 0.533. The van der Waals surface area contributed by atoms with E-state index in [0.717, 1.165) is 17.4 Å². The average molecular weight is 442 g/mol. The zero-order valence-corrected chi connectivity index (χ0v) is 16.3. The Bertz CT molecular complexity index is 488. The van der Waals surface area contributed by atoms with Crippen molar-refractivity contribution in [2.45, 2.75) is 25.0 Å². The second-order valence-electron chi connectivity index (χ2n) is 4.84. The number of carboxylic acid groups (broad SMARTS) is 2. The molecule has 12 nitrogen and oxygen atoms in total. The third-order valence-electron chi connectivity index (χ3n) is 2.42. The Morgan fingerprint density at radius 3 is 1.39 bits per heavy atom. The summed E-state index contributed by atoms with van der Waals surface area (Å²) in [6.45, 7) is -0.833. The number of aliphatic hydroxyl groups excluding tert-OH is 4. The van der Waals surface area contributed by atoms with Gasteiger partial charge in [-0.15, -0.1) is 13.1 Å². The van der Waals surface area contributed by atoms with Crippen LogP contribution in [0.2, 0.25) is 0 Å². The van der Waals surface area contributed by atoms with Crippen molar-refractivity contribution < 1.29 is 61.3 Å². The number of nitrogens with zero attached hydrogens (tertiary/aromatic N) is 1. The molecule has 0 aromatic carbocycles. The fourth-order valence-electron chi connectivity index (χ4n) is 1.17. The molecule has 8 N–H and O–H groups in total. The number of rotatable bonds is 8. The first-order valence-corrected chi connectivity index (χ1v) is 8.20. The van der Waals surface area contributed by atoms with E-state index in [-0.39, 0.29) is 39.1 Å². The first-order valence-electron chi connectivity index (χ1n) is 7.63. The van der Waals surface area contributed by atoms with E-state index < -0.39 is 24.1 Å². The van der Waals surface area contributed by atoms with Gasteiger partial charge in [-0.2, -0.15) is 0 Å². The van der Waals surface area contributed by atoms with Gasteiger partial charge in [0.05, 0.1) is 49.7 Å². The maximum absolute atomic E-state index is 10.3. The Morgan fingerprint density at radius 1 is 0.893 bits per heavy atom. The zero-order valence-electron chi connectivity index (χ0n) is 14.9. The summed E-state index contributed by atoms with van der Waals surface area (Å²) in [5, 5.41) is 49.4. The van der Waals surface area contributed by atoms with Gasteiger partial charge in [-0.1, -0.05) is 6.07 Å². The summed E-state index contributed by atoms with van der Waals surface area (Å²) in [6, 6.07) is 4.71. The van der Waals surface area contributed by atoms with Gasteiger partial charge in [-0.05, 0) is 12.1 Å². The predicted octanol–water partition coefficient (Wildman–Crippen LogP) is -1.00. The molecular formula is C15H25N3O9V. The van der Waals surface area contributed by atoms with E-state index >= 15 is 0 Å². The van der Waals surface area contributed by atoms with Crippen molar-refractivity contribution in [3.05, 3.63) is 41.1 Å². The molecule has 0 saturated heterocycles. The van der Waals surface area contributed by atoms with E-state index in [1.54, 1.807) is 18.2 Å². The van der Waals surface area contributed by atoms with Crippen LogP contribution in [0.25, 0.3) is 11.5 Å². The standard InChI is InChI=1S/C9H9NO4.2C3H8NO2.O.V/c11-8(12)4-6-2-1-3-7(10-6)5-9(13)14;2*4-1-3(6)2-5;;/h1-3H,4-5H2,(H,11,12)(H,13,14);2*3-6H,1-2H2;;/q;2*-1;;+2. The van der Waals surface area contributed by atoms with E-state index in [4.69, 9.17) is 45.8 Å². The van der Waals surface area contributed by atoms with Crippen LogP contribution in [0.3, 0.4) is 0 Å². The third kappa shape index (κ3) is 22.3. The Balaban J connectivity index is -0.000000373. The van der Waals surface area contributed by atoms with E-state index in [1.165, 1.54) is 0 Å². The van der Waals surface area contributed by atoms with Crippen LogP contribution < -0.4 is 0 Å². The van der Waals surface area contributed by atoms with Crippen molar-refractivity contribution in [2.75, 3.05) is 26.3 Å². The van der Waals surface area contributed by atoms with E-state index in [9.17, 15) is 9.59 Å². The van der Waals surface area contributed by atoms with Crippen LogP contribution in [0.5, 0.6) is 0 Å². The molecule has 28 heavy (non-hydrogen) atoms. The minimum atomic E-state index is -0.982. The molecule has 0 spiro atoms. The SMILES string of the molecule is O=C(O)Cc1cccc(CC(=O)O)n1.[NH-]CC(O)CO.[NH-]CC(O)CO.[O]=[V+2]. The molecule has 0 bridgehead atoms. The van der Waals surface area contributed by atoms with E-state index in [1.807, 2.05) is 0 Å². The monoisotopic (exact) mass is 442 g/mol. The maximum atomic E-state index is 10.3. The van der Waals surface area contributed by atoms with Crippen LogP contribution >= 0.6 is 0 Å². The molecule has 1 aromatic rings. The van der Waals surface area contributed by atoms with Crippen molar-refractivity contribution in [3.8, 4) is 0 Å². The Labute approximate surface area is 171 Å². The second kappa shape index (κ2) is 21.5. The molecule has 0 aliphatic carbocycles. The van der Waals surface area contributed by atoms with Crippen molar-refractivity contribution in [3.63, 3.8) is 0 Å². The number of carbonyl (C=O) groups is 2. The van der Waals surface area contributed by atoms with Gasteiger partial charge in [0, 0.05) is 0 Å². The summed E-state index contributed by atoms with van der Waals surface area (Å²) in [6.07, 6.45) is -2.06. The second-order valence-corrected chi connectivity index (χ2v) is 4.84. The Morgan fingerprint density at radius 2 is 1.21 bits per heavy atom. The number of aromatic nitrogens is 1. The van der Waals surface area contributed by atoms with Crippen LogP contribution in [0.15, 0.2) is 18.2 Å². The molecule has 2 unspecified atom stereocenters. The molecule has 159 valence electrons. The molecule has 0 fully saturated rings. The third-order valence-corrected chi connectivity index (χ3v) is 2.42. The molecule has 0 radical (unpaired) electrons. The molecule has 13 heteroatoms. The molecule has 1 aromatic heterocycles. The number of pyridine rings is 1. The van der Waals surface area contributed by atoms with Crippen LogP contribution in [0, 0.1) is 0 Å². The van der Waals surface area contributed by atoms with Gasteiger partial charge in [0.1, 0.15) is 0 Å². The van der Waals surface area contributed by atoms with Crippen LogP contribution in [-0.4, -0.2) is 86.1 Å². The van der Waals surface area contributed by atoms with Crippen molar-refractivity contribution in [2.24, 2.45) is 0 Å². The fourth-order valence-corrected chi connectivity index (χ4v) is 1.17. The number of aliphatic hydroxyl groups is 4. The number of carboxylic acids is 2. The van der Waals surface area contributed by atoms with Gasteiger partial charge in [0.25, 0.3) is 0 Å². The quantitative estimate of drug-likeness (QED) is 0.287. The normalized spacial score (nSPS) is 11.3. The summed E-state index contributed by atoms with van der Waals surface area (Å²) in [7, 11) is 0. The first-order chi connectivity index (χ1) is 13.2. The average Bonchev–Trinajstić information content (AvgIpc) is 2.68. The van der Waals surface area contributed by atoms with Crippen molar-refractivity contribution in [1.82, 2.24) is 4.98 Å².